The van der Waals surface area contributed by atoms with E-state index in [-0.39, 0.29) is 11.1 Å². The number of aryl methyl sites for hydroxylation is 1. The molecule has 0 amide bonds. The molecule has 5 heteroatoms. The minimum absolute atomic E-state index is 0.0533. The van der Waals surface area contributed by atoms with E-state index in [0.29, 0.717) is 5.69 Å². The molecule has 0 unspecified atom stereocenters. The van der Waals surface area contributed by atoms with E-state index in [1.54, 1.807) is 13.1 Å². The van der Waals surface area contributed by atoms with E-state index in [1.807, 2.05) is 0 Å². The molecular weight excluding hydrogens is 211 g/mol. The number of carbonyl (C=O) groups is 1. The molecule has 0 aliphatic carbocycles. The smallest absolute Gasteiger partial charge is 0.335 e. The number of aromatic nitrogens is 2. The van der Waals surface area contributed by atoms with E-state index in [9.17, 15) is 9.18 Å². The van der Waals surface area contributed by atoms with Gasteiger partial charge in [-0.05, 0) is 24.3 Å². The van der Waals surface area contributed by atoms with Crippen molar-refractivity contribution in [1.29, 1.82) is 0 Å². The summed E-state index contributed by atoms with van der Waals surface area (Å²) in [5, 5.41) is 12.7. The normalized spacial score (nSPS) is 10.4. The third-order valence-corrected chi connectivity index (χ3v) is 2.31. The summed E-state index contributed by atoms with van der Waals surface area (Å²) >= 11 is 0. The summed E-state index contributed by atoms with van der Waals surface area (Å²) in [5.74, 6) is -1.54. The van der Waals surface area contributed by atoms with Gasteiger partial charge in [-0.2, -0.15) is 5.10 Å². The molecule has 0 spiro atoms. The lowest BCUT2D eigenvalue weighted by atomic mass is 10.1. The molecule has 0 radical (unpaired) electrons. The van der Waals surface area contributed by atoms with E-state index >= 15 is 0 Å². The summed E-state index contributed by atoms with van der Waals surface area (Å²) < 4.78 is 15.0. The van der Waals surface area contributed by atoms with Crippen LogP contribution in [0.15, 0.2) is 30.5 Å². The Balaban J connectivity index is 2.60. The highest BCUT2D eigenvalue weighted by Gasteiger charge is 2.12. The first kappa shape index (κ1) is 10.4. The van der Waals surface area contributed by atoms with Crippen LogP contribution in [0.4, 0.5) is 4.39 Å². The fourth-order valence-electron chi connectivity index (χ4n) is 1.49. The van der Waals surface area contributed by atoms with E-state index < -0.39 is 11.8 Å². The molecule has 2 rings (SSSR count). The maximum absolute atomic E-state index is 13.5. The molecule has 82 valence electrons. The van der Waals surface area contributed by atoms with Crippen LogP contribution in [0.25, 0.3) is 11.3 Å². The van der Waals surface area contributed by atoms with Gasteiger partial charge in [-0.25, -0.2) is 9.18 Å². The summed E-state index contributed by atoms with van der Waals surface area (Å²) in [7, 11) is 1.67. The van der Waals surface area contributed by atoms with Crippen LogP contribution in [0.2, 0.25) is 0 Å². The van der Waals surface area contributed by atoms with Gasteiger partial charge in [0.25, 0.3) is 0 Å². The molecule has 1 aromatic carbocycles. The Labute approximate surface area is 90.9 Å². The number of rotatable bonds is 2. The first-order chi connectivity index (χ1) is 7.59. The maximum Gasteiger partial charge on any atom is 0.335 e. The Kier molecular flexibility index (Phi) is 2.44. The van der Waals surface area contributed by atoms with E-state index in [2.05, 4.69) is 5.10 Å². The van der Waals surface area contributed by atoms with Crippen molar-refractivity contribution in [2.45, 2.75) is 0 Å². The Hall–Kier alpha value is -2.17. The van der Waals surface area contributed by atoms with E-state index in [1.165, 1.54) is 23.0 Å². The predicted molar refractivity (Wildman–Crippen MR) is 55.6 cm³/mol. The van der Waals surface area contributed by atoms with Crippen LogP contribution >= 0.6 is 0 Å². The summed E-state index contributed by atoms with van der Waals surface area (Å²) in [6.07, 6.45) is 1.53. The zero-order chi connectivity index (χ0) is 11.7. The van der Waals surface area contributed by atoms with Crippen LogP contribution in [0, 0.1) is 5.82 Å². The van der Waals surface area contributed by atoms with Crippen molar-refractivity contribution in [3.8, 4) is 11.3 Å². The van der Waals surface area contributed by atoms with E-state index in [4.69, 9.17) is 5.11 Å². The van der Waals surface area contributed by atoms with Crippen LogP contribution in [0.5, 0.6) is 0 Å². The molecular formula is C11H9FN2O2. The Bertz CT molecular complexity index is 549. The lowest BCUT2D eigenvalue weighted by Crippen LogP contribution is -2.00. The second-order valence-corrected chi connectivity index (χ2v) is 3.34. The van der Waals surface area contributed by atoms with Gasteiger partial charge >= 0.3 is 5.97 Å². The molecule has 1 heterocycles. The molecule has 0 aliphatic rings. The number of aromatic carboxylic acids is 1. The summed E-state index contributed by atoms with van der Waals surface area (Å²) in [4.78, 5) is 10.8. The topological polar surface area (TPSA) is 55.1 Å². The fraction of sp³-hybridized carbons (Fsp3) is 0.0909. The zero-order valence-electron chi connectivity index (χ0n) is 8.51. The number of benzene rings is 1. The van der Waals surface area contributed by atoms with Crippen molar-refractivity contribution in [3.05, 3.63) is 41.8 Å². The summed E-state index contributed by atoms with van der Waals surface area (Å²) in [6.45, 7) is 0. The van der Waals surface area contributed by atoms with Crippen molar-refractivity contribution in [3.63, 3.8) is 0 Å². The molecule has 0 aliphatic heterocycles. The second kappa shape index (κ2) is 3.77. The van der Waals surface area contributed by atoms with Gasteiger partial charge in [-0.1, -0.05) is 0 Å². The minimum atomic E-state index is -1.08. The number of carboxylic acid groups (broad SMARTS) is 1. The number of halogens is 1. The van der Waals surface area contributed by atoms with Gasteiger partial charge < -0.3 is 5.11 Å². The van der Waals surface area contributed by atoms with Gasteiger partial charge in [0.05, 0.1) is 11.3 Å². The molecule has 16 heavy (non-hydrogen) atoms. The first-order valence-corrected chi connectivity index (χ1v) is 4.61. The van der Waals surface area contributed by atoms with Crippen LogP contribution in [0.1, 0.15) is 10.4 Å². The van der Waals surface area contributed by atoms with Gasteiger partial charge in [0, 0.05) is 18.8 Å². The third-order valence-electron chi connectivity index (χ3n) is 2.31. The SMILES string of the molecule is Cn1nccc1-c1cc(C(=O)O)ccc1F. The van der Waals surface area contributed by atoms with Gasteiger partial charge in [0.1, 0.15) is 5.82 Å². The number of hydrogen-bond acceptors (Lipinski definition) is 2. The number of nitrogens with zero attached hydrogens (tertiary/aromatic N) is 2. The third kappa shape index (κ3) is 1.67. The molecule has 0 saturated heterocycles. The van der Waals surface area contributed by atoms with Crippen LogP contribution in [-0.2, 0) is 7.05 Å². The van der Waals surface area contributed by atoms with Crippen LogP contribution in [0.3, 0.4) is 0 Å². The second-order valence-electron chi connectivity index (χ2n) is 3.34. The standard InChI is InChI=1S/C11H9FN2O2/c1-14-10(4-5-13-14)8-6-7(11(15)16)2-3-9(8)12/h2-6H,1H3,(H,15,16). The summed E-state index contributed by atoms with van der Waals surface area (Å²) in [6, 6.07) is 5.31. The van der Waals surface area contributed by atoms with Crippen molar-refractivity contribution < 1.29 is 14.3 Å². The molecule has 4 nitrogen and oxygen atoms in total. The molecule has 1 aromatic heterocycles. The van der Waals surface area contributed by atoms with Gasteiger partial charge in [-0.15, -0.1) is 0 Å². The molecule has 2 aromatic rings. The van der Waals surface area contributed by atoms with Crippen molar-refractivity contribution >= 4 is 5.97 Å². The Morgan fingerprint density at radius 2 is 2.19 bits per heavy atom. The van der Waals surface area contributed by atoms with Crippen molar-refractivity contribution in [2.75, 3.05) is 0 Å². The molecule has 0 fully saturated rings. The van der Waals surface area contributed by atoms with Crippen LogP contribution < -0.4 is 0 Å². The average Bonchev–Trinajstić information content (AvgIpc) is 2.65. The predicted octanol–water partition coefficient (Wildman–Crippen LogP) is 1.92. The van der Waals surface area contributed by atoms with Crippen molar-refractivity contribution in [1.82, 2.24) is 9.78 Å². The maximum atomic E-state index is 13.5. The van der Waals surface area contributed by atoms with Crippen LogP contribution in [-0.4, -0.2) is 20.9 Å². The highest BCUT2D eigenvalue weighted by Crippen LogP contribution is 2.23. The monoisotopic (exact) mass is 220 g/mol. The Morgan fingerprint density at radius 3 is 2.75 bits per heavy atom. The highest BCUT2D eigenvalue weighted by molar-refractivity contribution is 5.89. The number of hydrogen-bond donors (Lipinski definition) is 1. The van der Waals surface area contributed by atoms with E-state index in [0.717, 1.165) is 6.07 Å². The first-order valence-electron chi connectivity index (χ1n) is 4.61. The minimum Gasteiger partial charge on any atom is -0.478 e. The number of carboxylic acids is 1. The summed E-state index contributed by atoms with van der Waals surface area (Å²) in [5.41, 5.74) is 0.832. The molecule has 1 N–H and O–H groups in total. The molecule has 0 bridgehead atoms. The van der Waals surface area contributed by atoms with Gasteiger partial charge in [0.15, 0.2) is 0 Å². The molecule has 0 atom stereocenters. The van der Waals surface area contributed by atoms with Gasteiger partial charge in [-0.3, -0.25) is 4.68 Å². The molecule has 0 saturated carbocycles. The highest BCUT2D eigenvalue weighted by atomic mass is 19.1. The largest absolute Gasteiger partial charge is 0.478 e. The lowest BCUT2D eigenvalue weighted by molar-refractivity contribution is 0.0697. The van der Waals surface area contributed by atoms with Crippen molar-refractivity contribution in [2.24, 2.45) is 7.05 Å². The van der Waals surface area contributed by atoms with Gasteiger partial charge in [0.2, 0.25) is 0 Å². The fourth-order valence-corrected chi connectivity index (χ4v) is 1.49. The quantitative estimate of drug-likeness (QED) is 0.841. The lowest BCUT2D eigenvalue weighted by Gasteiger charge is -2.04. The zero-order valence-corrected chi connectivity index (χ0v) is 8.51. The Morgan fingerprint density at radius 1 is 1.44 bits per heavy atom. The average molecular weight is 220 g/mol.